The first-order valence-electron chi connectivity index (χ1n) is 11.8. The molecule has 0 bridgehead atoms. The Hall–Kier alpha value is -4.70. The normalized spacial score (nSPS) is 11.1. The lowest BCUT2D eigenvalue weighted by Crippen LogP contribution is -1.91. The molecule has 0 saturated carbocycles. The number of pyridine rings is 2. The standard InChI is InChI=1S/C32H24N2O2/c1-35-25-13-9-21(10-14-25)27-7-3-5-23-17-31(33-19-29(23)27)32-18-24-6-4-8-28(30(24)20-34-32)22-11-15-26(36-2)16-12-22/h3-20H,1-2H3. The van der Waals surface area contributed by atoms with Gasteiger partial charge in [0.25, 0.3) is 0 Å². The minimum atomic E-state index is 0.844. The quantitative estimate of drug-likeness (QED) is 0.259. The van der Waals surface area contributed by atoms with Crippen molar-refractivity contribution in [1.29, 1.82) is 0 Å². The topological polar surface area (TPSA) is 44.2 Å². The molecule has 6 aromatic rings. The number of rotatable bonds is 5. The van der Waals surface area contributed by atoms with Gasteiger partial charge < -0.3 is 9.47 Å². The Morgan fingerprint density at radius 1 is 0.500 bits per heavy atom. The van der Waals surface area contributed by atoms with Crippen LogP contribution in [0.25, 0.3) is 55.2 Å². The van der Waals surface area contributed by atoms with Crippen LogP contribution in [0.3, 0.4) is 0 Å². The van der Waals surface area contributed by atoms with Gasteiger partial charge in [0.2, 0.25) is 0 Å². The fraction of sp³-hybridized carbons (Fsp3) is 0.0625. The summed E-state index contributed by atoms with van der Waals surface area (Å²) in [6.07, 6.45) is 3.90. The van der Waals surface area contributed by atoms with E-state index in [-0.39, 0.29) is 0 Å². The van der Waals surface area contributed by atoms with E-state index in [1.807, 2.05) is 36.7 Å². The summed E-state index contributed by atoms with van der Waals surface area (Å²) in [5, 5.41) is 4.47. The molecule has 2 aromatic heterocycles. The lowest BCUT2D eigenvalue weighted by atomic mass is 9.98. The molecule has 6 rings (SSSR count). The van der Waals surface area contributed by atoms with E-state index in [1.54, 1.807) is 14.2 Å². The van der Waals surface area contributed by atoms with E-state index < -0.39 is 0 Å². The van der Waals surface area contributed by atoms with Crippen LogP contribution in [0, 0.1) is 0 Å². The molecule has 0 saturated heterocycles. The van der Waals surface area contributed by atoms with Crippen LogP contribution in [-0.4, -0.2) is 24.2 Å². The fourth-order valence-corrected chi connectivity index (χ4v) is 4.67. The van der Waals surface area contributed by atoms with E-state index in [2.05, 4.69) is 72.8 Å². The molecular formula is C32H24N2O2. The fourth-order valence-electron chi connectivity index (χ4n) is 4.67. The van der Waals surface area contributed by atoms with Crippen LogP contribution >= 0.6 is 0 Å². The molecule has 0 aliphatic carbocycles. The Balaban J connectivity index is 1.39. The van der Waals surface area contributed by atoms with Gasteiger partial charge in [0.1, 0.15) is 11.5 Å². The van der Waals surface area contributed by atoms with E-state index in [0.717, 1.165) is 66.7 Å². The summed E-state index contributed by atoms with van der Waals surface area (Å²) in [7, 11) is 3.36. The van der Waals surface area contributed by atoms with Crippen molar-refractivity contribution in [3.63, 3.8) is 0 Å². The molecular weight excluding hydrogens is 444 g/mol. The first-order valence-corrected chi connectivity index (χ1v) is 11.8. The second kappa shape index (κ2) is 9.16. The number of hydrogen-bond acceptors (Lipinski definition) is 4. The lowest BCUT2D eigenvalue weighted by Gasteiger charge is -2.11. The lowest BCUT2D eigenvalue weighted by molar-refractivity contribution is 0.415. The van der Waals surface area contributed by atoms with Gasteiger partial charge >= 0.3 is 0 Å². The summed E-state index contributed by atoms with van der Waals surface area (Å²) in [5.74, 6) is 1.69. The zero-order valence-electron chi connectivity index (χ0n) is 20.1. The van der Waals surface area contributed by atoms with Crippen LogP contribution in [0.4, 0.5) is 0 Å². The Labute approximate surface area is 209 Å². The molecule has 0 unspecified atom stereocenters. The van der Waals surface area contributed by atoms with E-state index in [9.17, 15) is 0 Å². The predicted octanol–water partition coefficient (Wildman–Crippen LogP) is 7.80. The van der Waals surface area contributed by atoms with E-state index in [1.165, 1.54) is 0 Å². The maximum atomic E-state index is 5.31. The zero-order chi connectivity index (χ0) is 24.5. The van der Waals surface area contributed by atoms with Crippen molar-refractivity contribution in [3.8, 4) is 45.1 Å². The Kier molecular flexibility index (Phi) is 5.55. The van der Waals surface area contributed by atoms with Gasteiger partial charge in [-0.3, -0.25) is 9.97 Å². The van der Waals surface area contributed by atoms with Crippen LogP contribution in [-0.2, 0) is 0 Å². The van der Waals surface area contributed by atoms with Gasteiger partial charge in [-0.1, -0.05) is 60.7 Å². The number of nitrogens with zero attached hydrogens (tertiary/aromatic N) is 2. The van der Waals surface area contributed by atoms with Gasteiger partial charge in [-0.2, -0.15) is 0 Å². The third-order valence-corrected chi connectivity index (χ3v) is 6.59. The molecule has 4 nitrogen and oxygen atoms in total. The molecule has 36 heavy (non-hydrogen) atoms. The molecule has 0 fully saturated rings. The van der Waals surface area contributed by atoms with E-state index in [0.29, 0.717) is 0 Å². The molecule has 0 amide bonds. The van der Waals surface area contributed by atoms with Gasteiger partial charge in [0.05, 0.1) is 25.6 Å². The van der Waals surface area contributed by atoms with Crippen LogP contribution in [0.1, 0.15) is 0 Å². The molecule has 4 heteroatoms. The molecule has 174 valence electrons. The molecule has 0 aliphatic rings. The molecule has 0 spiro atoms. The maximum Gasteiger partial charge on any atom is 0.118 e. The van der Waals surface area contributed by atoms with Crippen molar-refractivity contribution in [2.75, 3.05) is 14.2 Å². The highest BCUT2D eigenvalue weighted by atomic mass is 16.5. The predicted molar refractivity (Wildman–Crippen MR) is 146 cm³/mol. The van der Waals surface area contributed by atoms with Crippen molar-refractivity contribution in [1.82, 2.24) is 9.97 Å². The molecule has 0 N–H and O–H groups in total. The average Bonchev–Trinajstić information content (AvgIpc) is 2.96. The Bertz CT molecular complexity index is 1560. The van der Waals surface area contributed by atoms with Crippen molar-refractivity contribution >= 4 is 21.5 Å². The van der Waals surface area contributed by atoms with Crippen molar-refractivity contribution in [2.45, 2.75) is 0 Å². The summed E-state index contributed by atoms with van der Waals surface area (Å²) >= 11 is 0. The van der Waals surface area contributed by atoms with Gasteiger partial charge in [-0.25, -0.2) is 0 Å². The monoisotopic (exact) mass is 468 g/mol. The first-order chi connectivity index (χ1) is 17.7. The summed E-state index contributed by atoms with van der Waals surface area (Å²) in [5.41, 5.74) is 6.25. The molecule has 4 aromatic carbocycles. The zero-order valence-corrected chi connectivity index (χ0v) is 20.1. The molecule has 0 aliphatic heterocycles. The molecule has 2 heterocycles. The SMILES string of the molecule is COc1ccc(-c2cccc3cc(-c4cc5cccc(-c6ccc(OC)cc6)c5cn4)ncc23)cc1. The third kappa shape index (κ3) is 3.93. The highest BCUT2D eigenvalue weighted by Crippen LogP contribution is 2.33. The highest BCUT2D eigenvalue weighted by Gasteiger charge is 2.10. The average molecular weight is 469 g/mol. The van der Waals surface area contributed by atoms with Crippen LogP contribution in [0.15, 0.2) is 109 Å². The van der Waals surface area contributed by atoms with Crippen molar-refractivity contribution < 1.29 is 9.47 Å². The van der Waals surface area contributed by atoms with Gasteiger partial charge in [0.15, 0.2) is 0 Å². The first kappa shape index (κ1) is 21.8. The summed E-state index contributed by atoms with van der Waals surface area (Å²) < 4.78 is 10.6. The highest BCUT2D eigenvalue weighted by molar-refractivity contribution is 5.99. The molecule has 0 atom stereocenters. The van der Waals surface area contributed by atoms with Gasteiger partial charge in [0, 0.05) is 23.2 Å². The second-order valence-electron chi connectivity index (χ2n) is 8.65. The van der Waals surface area contributed by atoms with E-state index in [4.69, 9.17) is 19.4 Å². The van der Waals surface area contributed by atoms with E-state index >= 15 is 0 Å². The summed E-state index contributed by atoms with van der Waals surface area (Å²) in [6.45, 7) is 0. The number of benzene rings is 4. The maximum absolute atomic E-state index is 5.31. The number of aromatic nitrogens is 2. The number of hydrogen-bond donors (Lipinski definition) is 0. The number of fused-ring (bicyclic) bond motifs is 2. The van der Waals surface area contributed by atoms with Crippen molar-refractivity contribution in [3.05, 3.63) is 109 Å². The number of methoxy groups -OCH3 is 2. The van der Waals surface area contributed by atoms with Crippen LogP contribution < -0.4 is 9.47 Å². The minimum absolute atomic E-state index is 0.844. The minimum Gasteiger partial charge on any atom is -0.497 e. The smallest absolute Gasteiger partial charge is 0.118 e. The van der Waals surface area contributed by atoms with Crippen LogP contribution in [0.5, 0.6) is 11.5 Å². The Morgan fingerprint density at radius 3 is 1.31 bits per heavy atom. The summed E-state index contributed by atoms with van der Waals surface area (Å²) in [6, 6.07) is 33.1. The van der Waals surface area contributed by atoms with Gasteiger partial charge in [-0.05, 0) is 69.4 Å². The van der Waals surface area contributed by atoms with Crippen LogP contribution in [0.2, 0.25) is 0 Å². The van der Waals surface area contributed by atoms with Crippen molar-refractivity contribution in [2.24, 2.45) is 0 Å². The third-order valence-electron chi connectivity index (χ3n) is 6.59. The number of ether oxygens (including phenoxy) is 2. The Morgan fingerprint density at radius 2 is 0.917 bits per heavy atom. The second-order valence-corrected chi connectivity index (χ2v) is 8.65. The summed E-state index contributed by atoms with van der Waals surface area (Å²) in [4.78, 5) is 9.60. The van der Waals surface area contributed by atoms with Gasteiger partial charge in [-0.15, -0.1) is 0 Å². The molecule has 0 radical (unpaired) electrons. The largest absolute Gasteiger partial charge is 0.497 e.